The van der Waals surface area contributed by atoms with Crippen LogP contribution in [0.3, 0.4) is 0 Å². The minimum absolute atomic E-state index is 0.207. The van der Waals surface area contributed by atoms with E-state index < -0.39 is 0 Å². The SMILES string of the molecule is CC1CCC(CO)(CN(C)C2CCCCC2)CC1. The third kappa shape index (κ3) is 3.48. The summed E-state index contributed by atoms with van der Waals surface area (Å²) in [4.78, 5) is 2.56. The summed E-state index contributed by atoms with van der Waals surface area (Å²) in [6.45, 7) is 3.85. The lowest BCUT2D eigenvalue weighted by molar-refractivity contribution is 0.0197. The first kappa shape index (κ1) is 14.3. The number of hydrogen-bond donors (Lipinski definition) is 1. The predicted octanol–water partition coefficient (Wildman–Crippen LogP) is 3.44. The molecule has 0 atom stereocenters. The fourth-order valence-electron chi connectivity index (χ4n) is 3.92. The van der Waals surface area contributed by atoms with Crippen LogP contribution in [-0.4, -0.2) is 36.2 Å². The van der Waals surface area contributed by atoms with Gasteiger partial charge in [-0.3, -0.25) is 0 Å². The third-order valence-electron chi connectivity index (χ3n) is 5.45. The van der Waals surface area contributed by atoms with E-state index in [4.69, 9.17) is 0 Å². The lowest BCUT2D eigenvalue weighted by Crippen LogP contribution is -2.45. The van der Waals surface area contributed by atoms with Crippen LogP contribution in [0.15, 0.2) is 0 Å². The van der Waals surface area contributed by atoms with E-state index in [1.165, 1.54) is 57.8 Å². The zero-order valence-electron chi connectivity index (χ0n) is 12.3. The molecule has 1 N–H and O–H groups in total. The number of aliphatic hydroxyl groups is 1. The minimum atomic E-state index is 0.207. The first-order chi connectivity index (χ1) is 8.65. The molecule has 2 aliphatic carbocycles. The zero-order chi connectivity index (χ0) is 13.0. The largest absolute Gasteiger partial charge is 0.396 e. The molecule has 0 aromatic carbocycles. The maximum Gasteiger partial charge on any atom is 0.0499 e. The highest BCUT2D eigenvalue weighted by atomic mass is 16.3. The Morgan fingerprint density at radius 3 is 2.22 bits per heavy atom. The maximum atomic E-state index is 9.85. The third-order valence-corrected chi connectivity index (χ3v) is 5.45. The van der Waals surface area contributed by atoms with Gasteiger partial charge < -0.3 is 10.0 Å². The quantitative estimate of drug-likeness (QED) is 0.829. The number of hydrogen-bond acceptors (Lipinski definition) is 2. The van der Waals surface area contributed by atoms with Crippen molar-refractivity contribution in [3.63, 3.8) is 0 Å². The van der Waals surface area contributed by atoms with Gasteiger partial charge in [0.2, 0.25) is 0 Å². The Hall–Kier alpha value is -0.0800. The van der Waals surface area contributed by atoms with Crippen molar-refractivity contribution in [3.05, 3.63) is 0 Å². The monoisotopic (exact) mass is 253 g/mol. The van der Waals surface area contributed by atoms with Gasteiger partial charge in [0.15, 0.2) is 0 Å². The van der Waals surface area contributed by atoms with Crippen LogP contribution in [-0.2, 0) is 0 Å². The van der Waals surface area contributed by atoms with Crippen molar-refractivity contribution < 1.29 is 5.11 Å². The normalized spacial score (nSPS) is 35.0. The molecular formula is C16H31NO. The van der Waals surface area contributed by atoms with Crippen molar-refractivity contribution in [2.75, 3.05) is 20.2 Å². The summed E-state index contributed by atoms with van der Waals surface area (Å²) in [7, 11) is 2.28. The van der Waals surface area contributed by atoms with Crippen LogP contribution in [0.5, 0.6) is 0 Å². The van der Waals surface area contributed by atoms with E-state index in [2.05, 4.69) is 18.9 Å². The van der Waals surface area contributed by atoms with Gasteiger partial charge in [0.1, 0.15) is 0 Å². The number of nitrogens with zero attached hydrogens (tertiary/aromatic N) is 1. The molecule has 2 fully saturated rings. The van der Waals surface area contributed by atoms with Crippen molar-refractivity contribution in [1.82, 2.24) is 4.90 Å². The van der Waals surface area contributed by atoms with E-state index in [1.807, 2.05) is 0 Å². The maximum absolute atomic E-state index is 9.85. The molecule has 2 aliphatic rings. The predicted molar refractivity (Wildman–Crippen MR) is 76.7 cm³/mol. The highest BCUT2D eigenvalue weighted by molar-refractivity contribution is 4.88. The Balaban J connectivity index is 1.88. The van der Waals surface area contributed by atoms with Gasteiger partial charge in [0.05, 0.1) is 0 Å². The van der Waals surface area contributed by atoms with E-state index in [0.29, 0.717) is 6.61 Å². The van der Waals surface area contributed by atoms with E-state index in [-0.39, 0.29) is 5.41 Å². The molecule has 0 heterocycles. The molecule has 0 saturated heterocycles. The van der Waals surface area contributed by atoms with Crippen LogP contribution in [0.2, 0.25) is 0 Å². The van der Waals surface area contributed by atoms with Crippen molar-refractivity contribution in [3.8, 4) is 0 Å². The van der Waals surface area contributed by atoms with Gasteiger partial charge in [-0.1, -0.05) is 39.0 Å². The highest BCUT2D eigenvalue weighted by Crippen LogP contribution is 2.39. The van der Waals surface area contributed by atoms with Crippen molar-refractivity contribution in [1.29, 1.82) is 0 Å². The van der Waals surface area contributed by atoms with Crippen molar-refractivity contribution in [2.45, 2.75) is 70.8 Å². The number of rotatable bonds is 4. The molecule has 0 unspecified atom stereocenters. The Bertz CT molecular complexity index is 239. The standard InChI is InChI=1S/C16H31NO/c1-14-8-10-16(13-18,11-9-14)12-17(2)15-6-4-3-5-7-15/h14-15,18H,3-13H2,1-2H3. The molecule has 2 heteroatoms. The Morgan fingerprint density at radius 2 is 1.67 bits per heavy atom. The lowest BCUT2D eigenvalue weighted by atomic mass is 9.71. The van der Waals surface area contributed by atoms with Gasteiger partial charge in [-0.2, -0.15) is 0 Å². The fraction of sp³-hybridized carbons (Fsp3) is 1.00. The van der Waals surface area contributed by atoms with Crippen LogP contribution in [0.4, 0.5) is 0 Å². The molecule has 106 valence electrons. The van der Waals surface area contributed by atoms with E-state index >= 15 is 0 Å². The van der Waals surface area contributed by atoms with Gasteiger partial charge in [0.25, 0.3) is 0 Å². The van der Waals surface area contributed by atoms with Crippen LogP contribution in [0, 0.1) is 11.3 Å². The van der Waals surface area contributed by atoms with Gasteiger partial charge >= 0.3 is 0 Å². The van der Waals surface area contributed by atoms with E-state index in [0.717, 1.165) is 18.5 Å². The summed E-state index contributed by atoms with van der Waals surface area (Å²) in [6.07, 6.45) is 12.0. The van der Waals surface area contributed by atoms with E-state index in [9.17, 15) is 5.11 Å². The van der Waals surface area contributed by atoms with Crippen LogP contribution in [0.1, 0.15) is 64.7 Å². The van der Waals surface area contributed by atoms with Gasteiger partial charge in [0, 0.05) is 24.6 Å². The molecular weight excluding hydrogens is 222 g/mol. The average Bonchev–Trinajstić information content (AvgIpc) is 2.43. The second-order valence-corrected chi connectivity index (χ2v) is 7.05. The first-order valence-electron chi connectivity index (χ1n) is 7.96. The van der Waals surface area contributed by atoms with Crippen LogP contribution in [0.25, 0.3) is 0 Å². The molecule has 2 nitrogen and oxygen atoms in total. The topological polar surface area (TPSA) is 23.5 Å². The molecule has 0 aromatic rings. The molecule has 2 saturated carbocycles. The van der Waals surface area contributed by atoms with Gasteiger partial charge in [-0.25, -0.2) is 0 Å². The lowest BCUT2D eigenvalue weighted by Gasteiger charge is -2.43. The molecule has 0 bridgehead atoms. The summed E-state index contributed by atoms with van der Waals surface area (Å²) >= 11 is 0. The van der Waals surface area contributed by atoms with Crippen molar-refractivity contribution in [2.24, 2.45) is 11.3 Å². The molecule has 0 radical (unpaired) electrons. The minimum Gasteiger partial charge on any atom is -0.396 e. The fourth-order valence-corrected chi connectivity index (χ4v) is 3.92. The first-order valence-corrected chi connectivity index (χ1v) is 7.96. The summed E-state index contributed by atoms with van der Waals surface area (Å²) in [6, 6.07) is 0.779. The highest BCUT2D eigenvalue weighted by Gasteiger charge is 2.35. The van der Waals surface area contributed by atoms with E-state index in [1.54, 1.807) is 0 Å². The smallest absolute Gasteiger partial charge is 0.0499 e. The summed E-state index contributed by atoms with van der Waals surface area (Å²) < 4.78 is 0. The Kier molecular flexibility index (Phi) is 5.08. The Morgan fingerprint density at radius 1 is 1.06 bits per heavy atom. The molecule has 0 amide bonds. The van der Waals surface area contributed by atoms with Crippen molar-refractivity contribution >= 4 is 0 Å². The molecule has 18 heavy (non-hydrogen) atoms. The van der Waals surface area contributed by atoms with Crippen LogP contribution >= 0.6 is 0 Å². The molecule has 0 aromatic heterocycles. The van der Waals surface area contributed by atoms with Crippen LogP contribution < -0.4 is 0 Å². The summed E-state index contributed by atoms with van der Waals surface area (Å²) in [5, 5.41) is 9.85. The molecule has 0 spiro atoms. The summed E-state index contributed by atoms with van der Waals surface area (Å²) in [5.41, 5.74) is 0.207. The second kappa shape index (κ2) is 6.38. The summed E-state index contributed by atoms with van der Waals surface area (Å²) in [5.74, 6) is 0.865. The zero-order valence-corrected chi connectivity index (χ0v) is 12.3. The molecule has 0 aliphatic heterocycles. The molecule has 2 rings (SSSR count). The number of aliphatic hydroxyl groups excluding tert-OH is 1. The Labute approximate surface area is 113 Å². The van der Waals surface area contributed by atoms with Gasteiger partial charge in [-0.15, -0.1) is 0 Å². The second-order valence-electron chi connectivity index (χ2n) is 7.05. The average molecular weight is 253 g/mol. The van der Waals surface area contributed by atoms with Gasteiger partial charge in [-0.05, 0) is 38.6 Å².